The lowest BCUT2D eigenvalue weighted by atomic mass is 10.0. The van der Waals surface area contributed by atoms with E-state index in [-0.39, 0.29) is 29.2 Å². The molecule has 7 nitrogen and oxygen atoms in total. The Morgan fingerprint density at radius 1 is 1.11 bits per heavy atom. The molecule has 0 atom stereocenters. The third-order valence-electron chi connectivity index (χ3n) is 6.50. The summed E-state index contributed by atoms with van der Waals surface area (Å²) in [6.07, 6.45) is 4.60. The largest absolute Gasteiger partial charge is 0.491 e. The number of sulfone groups is 1. The van der Waals surface area contributed by atoms with Gasteiger partial charge in [0.05, 0.1) is 29.0 Å². The van der Waals surface area contributed by atoms with Crippen molar-refractivity contribution in [2.45, 2.75) is 57.6 Å². The molecule has 2 heterocycles. The van der Waals surface area contributed by atoms with Crippen LogP contribution in [0.25, 0.3) is 0 Å². The van der Waals surface area contributed by atoms with E-state index in [4.69, 9.17) is 4.74 Å². The molecule has 1 aromatic heterocycles. The summed E-state index contributed by atoms with van der Waals surface area (Å²) in [4.78, 5) is 19.4. The van der Waals surface area contributed by atoms with Gasteiger partial charge in [-0.3, -0.25) is 9.78 Å². The molecule has 0 saturated heterocycles. The number of rotatable bonds is 10. The lowest BCUT2D eigenvalue weighted by Gasteiger charge is -2.32. The predicted molar refractivity (Wildman–Crippen MR) is 146 cm³/mol. The number of carbonyl (C=O) groups excluding carboxylic acids is 1. The Balaban J connectivity index is 1.31. The number of hydrogen-bond donors (Lipinski definition) is 1. The molecule has 1 amide bonds. The lowest BCUT2D eigenvalue weighted by molar-refractivity contribution is 0.0950. The van der Waals surface area contributed by atoms with E-state index in [0.717, 1.165) is 38.1 Å². The fraction of sp³-hybridized carbons (Fsp3) is 0.379. The molecule has 2 aromatic carbocycles. The molecule has 0 saturated carbocycles. The molecule has 1 aliphatic heterocycles. The number of fused-ring (bicyclic) bond motifs is 1. The van der Waals surface area contributed by atoms with Gasteiger partial charge in [0.1, 0.15) is 5.75 Å². The second kappa shape index (κ2) is 11.8. The van der Waals surface area contributed by atoms with Crippen molar-refractivity contribution in [1.82, 2.24) is 10.3 Å². The molecular formula is C29H35N3O4S. The van der Waals surface area contributed by atoms with Gasteiger partial charge in [0.25, 0.3) is 5.91 Å². The van der Waals surface area contributed by atoms with Crippen LogP contribution in [0.3, 0.4) is 0 Å². The van der Waals surface area contributed by atoms with Gasteiger partial charge in [0.2, 0.25) is 0 Å². The summed E-state index contributed by atoms with van der Waals surface area (Å²) in [5.74, 6) is 0.745. The van der Waals surface area contributed by atoms with Crippen molar-refractivity contribution in [3.63, 3.8) is 0 Å². The van der Waals surface area contributed by atoms with E-state index in [1.54, 1.807) is 13.0 Å². The van der Waals surface area contributed by atoms with Crippen LogP contribution in [0.4, 0.5) is 5.69 Å². The molecule has 1 N–H and O–H groups in total. The standard InChI is InChI=1S/C29H35N3O4S/c1-4-37(34,35)27-14-12-25(30-20-27)19-31-29(33)24-9-7-22(8-10-24)15-17-32-16-5-6-23-11-13-26(18-28(23)32)36-21(2)3/h7-14,18,20-21H,4-6,15-17,19H2,1-3H3,(H,31,33). The molecule has 196 valence electrons. The SMILES string of the molecule is CCS(=O)(=O)c1ccc(CNC(=O)c2ccc(CCN3CCCc4ccc(OC(C)C)cc43)cc2)nc1. The average Bonchev–Trinajstić information content (AvgIpc) is 2.90. The molecule has 1 aliphatic rings. The van der Waals surface area contributed by atoms with Gasteiger partial charge in [0.15, 0.2) is 9.84 Å². The first kappa shape index (κ1) is 26.7. The van der Waals surface area contributed by atoms with Gasteiger partial charge in [0, 0.05) is 36.6 Å². The van der Waals surface area contributed by atoms with Gasteiger partial charge in [-0.1, -0.05) is 25.1 Å². The maximum absolute atomic E-state index is 12.6. The number of aryl methyl sites for hydroxylation is 1. The molecule has 37 heavy (non-hydrogen) atoms. The number of carbonyl (C=O) groups is 1. The Morgan fingerprint density at radius 3 is 2.57 bits per heavy atom. The highest BCUT2D eigenvalue weighted by Crippen LogP contribution is 2.31. The summed E-state index contributed by atoms with van der Waals surface area (Å²) in [5.41, 5.74) is 4.98. The summed E-state index contributed by atoms with van der Waals surface area (Å²) < 4.78 is 29.7. The highest BCUT2D eigenvalue weighted by molar-refractivity contribution is 7.91. The number of nitrogens with zero attached hydrogens (tertiary/aromatic N) is 2. The summed E-state index contributed by atoms with van der Waals surface area (Å²) in [6.45, 7) is 7.83. The molecule has 0 unspecified atom stereocenters. The van der Waals surface area contributed by atoms with Crippen molar-refractivity contribution < 1.29 is 17.9 Å². The fourth-order valence-electron chi connectivity index (χ4n) is 4.43. The average molecular weight is 522 g/mol. The van der Waals surface area contributed by atoms with Crippen molar-refractivity contribution in [3.05, 3.63) is 83.2 Å². The number of nitrogens with one attached hydrogen (secondary N) is 1. The van der Waals surface area contributed by atoms with E-state index in [1.165, 1.54) is 29.1 Å². The molecule has 0 bridgehead atoms. The van der Waals surface area contributed by atoms with Gasteiger partial charge in [-0.05, 0) is 74.6 Å². The maximum atomic E-state index is 12.6. The minimum Gasteiger partial charge on any atom is -0.491 e. The number of pyridine rings is 1. The van der Waals surface area contributed by atoms with E-state index in [1.807, 2.05) is 38.1 Å². The van der Waals surface area contributed by atoms with E-state index in [9.17, 15) is 13.2 Å². The van der Waals surface area contributed by atoms with Gasteiger partial charge < -0.3 is 15.0 Å². The third kappa shape index (κ3) is 6.89. The molecule has 8 heteroatoms. The first-order valence-corrected chi connectivity index (χ1v) is 14.5. The first-order chi connectivity index (χ1) is 17.7. The van der Waals surface area contributed by atoms with Gasteiger partial charge in [-0.25, -0.2) is 8.42 Å². The van der Waals surface area contributed by atoms with E-state index < -0.39 is 9.84 Å². The van der Waals surface area contributed by atoms with Crippen LogP contribution in [-0.4, -0.2) is 44.3 Å². The second-order valence-corrected chi connectivity index (χ2v) is 11.8. The smallest absolute Gasteiger partial charge is 0.251 e. The predicted octanol–water partition coefficient (Wildman–Crippen LogP) is 4.59. The minimum atomic E-state index is -3.29. The molecule has 0 aliphatic carbocycles. The molecule has 0 spiro atoms. The van der Waals surface area contributed by atoms with E-state index >= 15 is 0 Å². The number of aromatic nitrogens is 1. The van der Waals surface area contributed by atoms with Crippen molar-refractivity contribution in [3.8, 4) is 5.75 Å². The maximum Gasteiger partial charge on any atom is 0.251 e. The highest BCUT2D eigenvalue weighted by atomic mass is 32.2. The second-order valence-electron chi connectivity index (χ2n) is 9.57. The summed E-state index contributed by atoms with van der Waals surface area (Å²) in [7, 11) is -3.29. The van der Waals surface area contributed by atoms with Crippen molar-refractivity contribution in [1.29, 1.82) is 0 Å². The zero-order chi connectivity index (χ0) is 26.4. The van der Waals surface area contributed by atoms with Crippen LogP contribution >= 0.6 is 0 Å². The Hall–Kier alpha value is -3.39. The van der Waals surface area contributed by atoms with Crippen LogP contribution in [0, 0.1) is 0 Å². The quantitative estimate of drug-likeness (QED) is 0.420. The van der Waals surface area contributed by atoms with Crippen LogP contribution in [-0.2, 0) is 29.2 Å². The molecule has 0 radical (unpaired) electrons. The first-order valence-electron chi connectivity index (χ1n) is 12.8. The van der Waals surface area contributed by atoms with Gasteiger partial charge in [-0.2, -0.15) is 0 Å². The minimum absolute atomic E-state index is 0.0280. The van der Waals surface area contributed by atoms with Crippen LogP contribution in [0.5, 0.6) is 5.75 Å². The molecule has 3 aromatic rings. The summed E-state index contributed by atoms with van der Waals surface area (Å²) >= 11 is 0. The lowest BCUT2D eigenvalue weighted by Crippen LogP contribution is -2.31. The van der Waals surface area contributed by atoms with Gasteiger partial charge >= 0.3 is 0 Å². The Bertz CT molecular complexity index is 1320. The van der Waals surface area contributed by atoms with Crippen LogP contribution < -0.4 is 15.0 Å². The Labute approximate surface area is 219 Å². The number of ether oxygens (including phenoxy) is 1. The molecule has 4 rings (SSSR count). The van der Waals surface area contributed by atoms with Gasteiger partial charge in [-0.15, -0.1) is 0 Å². The third-order valence-corrected chi connectivity index (χ3v) is 8.22. The zero-order valence-corrected chi connectivity index (χ0v) is 22.6. The molecular weight excluding hydrogens is 486 g/mol. The summed E-state index contributed by atoms with van der Waals surface area (Å²) in [5, 5.41) is 2.85. The van der Waals surface area contributed by atoms with Crippen LogP contribution in [0.1, 0.15) is 54.4 Å². The zero-order valence-electron chi connectivity index (χ0n) is 21.7. The fourth-order valence-corrected chi connectivity index (χ4v) is 5.26. The monoisotopic (exact) mass is 521 g/mol. The Kier molecular flexibility index (Phi) is 8.48. The Morgan fingerprint density at radius 2 is 1.89 bits per heavy atom. The number of hydrogen-bond acceptors (Lipinski definition) is 6. The van der Waals surface area contributed by atoms with Crippen molar-refractivity contribution in [2.75, 3.05) is 23.7 Å². The van der Waals surface area contributed by atoms with Crippen molar-refractivity contribution >= 4 is 21.4 Å². The number of anilines is 1. The topological polar surface area (TPSA) is 88.6 Å². The van der Waals surface area contributed by atoms with Crippen molar-refractivity contribution in [2.24, 2.45) is 0 Å². The number of amides is 1. The summed E-state index contributed by atoms with van der Waals surface area (Å²) in [6, 6.07) is 17.2. The van der Waals surface area contributed by atoms with E-state index in [2.05, 4.69) is 33.4 Å². The number of benzene rings is 2. The van der Waals surface area contributed by atoms with E-state index in [0.29, 0.717) is 11.3 Å². The van der Waals surface area contributed by atoms with Crippen LogP contribution in [0.15, 0.2) is 65.7 Å². The van der Waals surface area contributed by atoms with Crippen LogP contribution in [0.2, 0.25) is 0 Å². The normalized spacial score (nSPS) is 13.4. The highest BCUT2D eigenvalue weighted by Gasteiger charge is 2.18. The molecule has 0 fully saturated rings.